The molecular formula is C14H22Cl2N2O2. The van der Waals surface area contributed by atoms with Crippen molar-refractivity contribution in [2.24, 2.45) is 0 Å². The number of rotatable bonds is 0. The molecule has 0 aromatic heterocycles. The van der Waals surface area contributed by atoms with E-state index in [4.69, 9.17) is 27.9 Å². The summed E-state index contributed by atoms with van der Waals surface area (Å²) in [5.41, 5.74) is 0. The average Bonchev–Trinajstić information content (AvgIpc) is 2.76. The summed E-state index contributed by atoms with van der Waals surface area (Å²) in [6, 6.07) is 7.19. The fourth-order valence-electron chi connectivity index (χ4n) is 1.11. The summed E-state index contributed by atoms with van der Waals surface area (Å²) in [6.07, 6.45) is 1.17. The lowest BCUT2D eigenvalue weighted by Crippen LogP contribution is -2.15. The van der Waals surface area contributed by atoms with Gasteiger partial charge in [0.15, 0.2) is 0 Å². The molecule has 0 saturated carbocycles. The standard InChI is InChI=1S/C6H4Cl2.C5H11NO.C3H7NO/c7-5-3-1-2-4-6(5)8;1-2-6-3-5-7-4-1;1-3(5)4-2/h1-4H;6H,1-5H2;1-2H3,(H,4,5). The van der Waals surface area contributed by atoms with Gasteiger partial charge in [0.25, 0.3) is 0 Å². The molecule has 0 spiro atoms. The van der Waals surface area contributed by atoms with Gasteiger partial charge in [-0.25, -0.2) is 0 Å². The highest BCUT2D eigenvalue weighted by Crippen LogP contribution is 2.19. The Balaban J connectivity index is 0.000000280. The first-order valence-corrected chi connectivity index (χ1v) is 7.20. The molecule has 0 radical (unpaired) electrons. The second kappa shape index (κ2) is 13.2. The molecule has 1 aromatic rings. The first-order valence-electron chi connectivity index (χ1n) is 6.44. The van der Waals surface area contributed by atoms with Crippen molar-refractivity contribution < 1.29 is 9.53 Å². The number of hydrogen-bond acceptors (Lipinski definition) is 3. The molecule has 1 aromatic carbocycles. The number of nitrogens with one attached hydrogen (secondary N) is 2. The molecule has 1 amide bonds. The smallest absolute Gasteiger partial charge is 0.216 e. The highest BCUT2D eigenvalue weighted by Gasteiger charge is 1.93. The molecular weight excluding hydrogens is 299 g/mol. The normalized spacial score (nSPS) is 13.8. The lowest BCUT2D eigenvalue weighted by molar-refractivity contribution is -0.118. The highest BCUT2D eigenvalue weighted by molar-refractivity contribution is 6.41. The van der Waals surface area contributed by atoms with Crippen LogP contribution in [0.25, 0.3) is 0 Å². The zero-order chi connectivity index (χ0) is 15.2. The minimum absolute atomic E-state index is 0.00463. The lowest BCUT2D eigenvalue weighted by atomic mass is 10.4. The van der Waals surface area contributed by atoms with Gasteiger partial charge in [-0.15, -0.1) is 0 Å². The van der Waals surface area contributed by atoms with Gasteiger partial charge in [0.2, 0.25) is 5.91 Å². The third-order valence-electron chi connectivity index (χ3n) is 2.24. The van der Waals surface area contributed by atoms with Crippen LogP contribution in [0.1, 0.15) is 13.3 Å². The summed E-state index contributed by atoms with van der Waals surface area (Å²) in [6.45, 7) is 5.45. The van der Waals surface area contributed by atoms with Gasteiger partial charge in [0, 0.05) is 27.1 Å². The number of benzene rings is 1. The van der Waals surface area contributed by atoms with E-state index in [9.17, 15) is 4.79 Å². The summed E-state index contributed by atoms with van der Waals surface area (Å²) in [5.74, 6) is 0.00463. The summed E-state index contributed by atoms with van der Waals surface area (Å²) in [7, 11) is 1.60. The van der Waals surface area contributed by atoms with Crippen molar-refractivity contribution in [1.29, 1.82) is 0 Å². The van der Waals surface area contributed by atoms with E-state index in [-0.39, 0.29) is 5.91 Å². The SMILES string of the molecule is C1CNCCOC1.CNC(C)=O.Clc1ccccc1Cl. The van der Waals surface area contributed by atoms with E-state index in [0.717, 1.165) is 26.3 Å². The minimum atomic E-state index is 0.00463. The highest BCUT2D eigenvalue weighted by atomic mass is 35.5. The van der Waals surface area contributed by atoms with Crippen molar-refractivity contribution in [3.63, 3.8) is 0 Å². The second-order valence-corrected chi connectivity index (χ2v) is 4.75. The number of ether oxygens (including phenoxy) is 1. The van der Waals surface area contributed by atoms with Gasteiger partial charge in [-0.05, 0) is 25.1 Å². The van der Waals surface area contributed by atoms with Crippen LogP contribution in [-0.4, -0.2) is 39.3 Å². The van der Waals surface area contributed by atoms with Crippen LogP contribution < -0.4 is 10.6 Å². The molecule has 1 aliphatic heterocycles. The van der Waals surface area contributed by atoms with E-state index in [1.807, 2.05) is 12.1 Å². The number of carbonyl (C=O) groups is 1. The third kappa shape index (κ3) is 12.2. The van der Waals surface area contributed by atoms with Crippen molar-refractivity contribution in [2.45, 2.75) is 13.3 Å². The van der Waals surface area contributed by atoms with Crippen LogP contribution >= 0.6 is 23.2 Å². The minimum Gasteiger partial charge on any atom is -0.380 e. The lowest BCUT2D eigenvalue weighted by Gasteiger charge is -1.91. The molecule has 2 N–H and O–H groups in total. The molecule has 1 saturated heterocycles. The average molecular weight is 321 g/mol. The summed E-state index contributed by atoms with van der Waals surface area (Å²) in [4.78, 5) is 9.70. The number of carbonyl (C=O) groups excluding carboxylic acids is 1. The third-order valence-corrected chi connectivity index (χ3v) is 3.00. The largest absolute Gasteiger partial charge is 0.380 e. The Morgan fingerprint density at radius 2 is 1.75 bits per heavy atom. The van der Waals surface area contributed by atoms with Crippen LogP contribution in [0.15, 0.2) is 24.3 Å². The van der Waals surface area contributed by atoms with Gasteiger partial charge < -0.3 is 15.4 Å². The molecule has 1 fully saturated rings. The molecule has 0 bridgehead atoms. The molecule has 4 nitrogen and oxygen atoms in total. The molecule has 1 heterocycles. The van der Waals surface area contributed by atoms with E-state index >= 15 is 0 Å². The van der Waals surface area contributed by atoms with Crippen molar-refractivity contribution in [2.75, 3.05) is 33.4 Å². The first-order chi connectivity index (χ1) is 9.57. The molecule has 0 unspecified atom stereocenters. The molecule has 6 heteroatoms. The molecule has 2 rings (SSSR count). The van der Waals surface area contributed by atoms with Gasteiger partial charge >= 0.3 is 0 Å². The molecule has 1 aliphatic rings. The quantitative estimate of drug-likeness (QED) is 0.772. The Morgan fingerprint density at radius 3 is 2.20 bits per heavy atom. The van der Waals surface area contributed by atoms with Gasteiger partial charge in [0.05, 0.1) is 16.7 Å². The van der Waals surface area contributed by atoms with Crippen molar-refractivity contribution >= 4 is 29.1 Å². The predicted molar refractivity (Wildman–Crippen MR) is 84.5 cm³/mol. The van der Waals surface area contributed by atoms with Gasteiger partial charge in [-0.3, -0.25) is 4.79 Å². The number of halogens is 2. The maximum Gasteiger partial charge on any atom is 0.216 e. The van der Waals surface area contributed by atoms with E-state index in [0.29, 0.717) is 10.0 Å². The second-order valence-electron chi connectivity index (χ2n) is 3.94. The molecule has 0 atom stereocenters. The van der Waals surface area contributed by atoms with Gasteiger partial charge in [-0.2, -0.15) is 0 Å². The zero-order valence-electron chi connectivity index (χ0n) is 11.9. The fourth-order valence-corrected chi connectivity index (χ4v) is 1.38. The van der Waals surface area contributed by atoms with Crippen LogP contribution in [0.4, 0.5) is 0 Å². The number of amides is 1. The predicted octanol–water partition coefficient (Wildman–Crippen LogP) is 2.74. The summed E-state index contributed by atoms with van der Waals surface area (Å²) < 4.78 is 5.13. The van der Waals surface area contributed by atoms with Crippen LogP contribution in [0.3, 0.4) is 0 Å². The van der Waals surface area contributed by atoms with E-state index in [1.54, 1.807) is 19.2 Å². The van der Waals surface area contributed by atoms with Crippen LogP contribution in [0.2, 0.25) is 10.0 Å². The zero-order valence-corrected chi connectivity index (χ0v) is 13.4. The fraction of sp³-hybridized carbons (Fsp3) is 0.500. The molecule has 0 aliphatic carbocycles. The van der Waals surface area contributed by atoms with Crippen LogP contribution in [0, 0.1) is 0 Å². The van der Waals surface area contributed by atoms with E-state index < -0.39 is 0 Å². The first kappa shape index (κ1) is 19.2. The van der Waals surface area contributed by atoms with Gasteiger partial charge in [-0.1, -0.05) is 35.3 Å². The summed E-state index contributed by atoms with van der Waals surface area (Å²) in [5, 5.41) is 6.82. The maximum atomic E-state index is 9.70. The van der Waals surface area contributed by atoms with Gasteiger partial charge in [0.1, 0.15) is 0 Å². The van der Waals surface area contributed by atoms with E-state index in [2.05, 4.69) is 10.6 Å². The number of hydrogen-bond donors (Lipinski definition) is 2. The Kier molecular flexibility index (Phi) is 12.7. The summed E-state index contributed by atoms with van der Waals surface area (Å²) >= 11 is 11.2. The topological polar surface area (TPSA) is 50.4 Å². The van der Waals surface area contributed by atoms with Crippen molar-refractivity contribution in [3.05, 3.63) is 34.3 Å². The van der Waals surface area contributed by atoms with E-state index in [1.165, 1.54) is 13.3 Å². The Bertz CT molecular complexity index is 335. The molecule has 114 valence electrons. The molecule has 20 heavy (non-hydrogen) atoms. The Hall–Kier alpha value is -0.810. The van der Waals surface area contributed by atoms with Crippen molar-refractivity contribution in [3.8, 4) is 0 Å². The van der Waals surface area contributed by atoms with Crippen LogP contribution in [-0.2, 0) is 9.53 Å². The van der Waals surface area contributed by atoms with Crippen LogP contribution in [0.5, 0.6) is 0 Å². The Labute approximate surface area is 130 Å². The van der Waals surface area contributed by atoms with Crippen molar-refractivity contribution in [1.82, 2.24) is 10.6 Å². The Morgan fingerprint density at radius 1 is 1.20 bits per heavy atom. The monoisotopic (exact) mass is 320 g/mol. The maximum absolute atomic E-state index is 9.70.